The van der Waals surface area contributed by atoms with Gasteiger partial charge in [0.25, 0.3) is 5.91 Å². The van der Waals surface area contributed by atoms with E-state index < -0.39 is 0 Å². The molecule has 9 heteroatoms. The molecule has 2 heterocycles. The molecule has 0 bridgehead atoms. The van der Waals surface area contributed by atoms with Crippen LogP contribution in [0.5, 0.6) is 28.7 Å². The van der Waals surface area contributed by atoms with Crippen LogP contribution >= 0.6 is 24.0 Å². The van der Waals surface area contributed by atoms with Gasteiger partial charge >= 0.3 is 0 Å². The summed E-state index contributed by atoms with van der Waals surface area (Å²) < 4.78 is 27.3. The molecule has 7 nitrogen and oxygen atoms in total. The Hall–Kier alpha value is -2.91. The average molecular weight is 431 g/mol. The number of thiocarbonyl (C=S) groups is 1. The highest BCUT2D eigenvalue weighted by Crippen LogP contribution is 2.42. The molecule has 0 aromatic heterocycles. The van der Waals surface area contributed by atoms with Gasteiger partial charge in [0.2, 0.25) is 6.79 Å². The van der Waals surface area contributed by atoms with E-state index in [-0.39, 0.29) is 12.7 Å². The van der Waals surface area contributed by atoms with Crippen molar-refractivity contribution in [3.05, 3.63) is 40.8 Å². The van der Waals surface area contributed by atoms with Gasteiger partial charge in [-0.05, 0) is 24.3 Å². The van der Waals surface area contributed by atoms with E-state index in [0.717, 1.165) is 0 Å². The van der Waals surface area contributed by atoms with Gasteiger partial charge in [-0.2, -0.15) is 0 Å². The van der Waals surface area contributed by atoms with E-state index >= 15 is 0 Å². The zero-order valence-corrected chi connectivity index (χ0v) is 17.5. The molecule has 2 aromatic carbocycles. The Morgan fingerprint density at radius 2 is 1.69 bits per heavy atom. The van der Waals surface area contributed by atoms with Crippen molar-refractivity contribution in [1.82, 2.24) is 0 Å². The third-order valence-corrected chi connectivity index (χ3v) is 5.73. The molecule has 2 aliphatic heterocycles. The lowest BCUT2D eigenvalue weighted by Crippen LogP contribution is -2.27. The number of methoxy groups -OCH3 is 3. The third kappa shape index (κ3) is 3.47. The van der Waals surface area contributed by atoms with Crippen LogP contribution in [-0.4, -0.2) is 38.4 Å². The first-order valence-electron chi connectivity index (χ1n) is 8.53. The van der Waals surface area contributed by atoms with Crippen LogP contribution < -0.4 is 28.6 Å². The Morgan fingerprint density at radius 1 is 1.00 bits per heavy atom. The number of hydrogen-bond acceptors (Lipinski definition) is 8. The lowest BCUT2D eigenvalue weighted by molar-refractivity contribution is -0.113. The minimum atomic E-state index is -0.226. The summed E-state index contributed by atoms with van der Waals surface area (Å²) >= 11 is 6.67. The SMILES string of the molecule is COc1cc(OC)c(OC)cc1/C=C1/SC(=S)N(c2ccc3c(c2)OCO3)C1=O. The predicted octanol–water partition coefficient (Wildman–Crippen LogP) is 3.85. The summed E-state index contributed by atoms with van der Waals surface area (Å²) in [4.78, 5) is 15.0. The van der Waals surface area contributed by atoms with Gasteiger partial charge in [-0.1, -0.05) is 24.0 Å². The molecule has 29 heavy (non-hydrogen) atoms. The number of rotatable bonds is 5. The molecule has 150 valence electrons. The highest BCUT2D eigenvalue weighted by Gasteiger charge is 2.34. The summed E-state index contributed by atoms with van der Waals surface area (Å²) in [6.45, 7) is 0.163. The second-order valence-corrected chi connectivity index (χ2v) is 7.68. The number of ether oxygens (including phenoxy) is 5. The van der Waals surface area contributed by atoms with E-state index in [1.807, 2.05) is 0 Å². The fourth-order valence-electron chi connectivity index (χ4n) is 3.02. The highest BCUT2D eigenvalue weighted by molar-refractivity contribution is 8.27. The minimum absolute atomic E-state index is 0.163. The first-order valence-corrected chi connectivity index (χ1v) is 9.75. The molecule has 0 atom stereocenters. The predicted molar refractivity (Wildman–Crippen MR) is 114 cm³/mol. The fraction of sp³-hybridized carbons (Fsp3) is 0.200. The Morgan fingerprint density at radius 3 is 2.41 bits per heavy atom. The summed E-state index contributed by atoms with van der Waals surface area (Å²) in [7, 11) is 4.65. The van der Waals surface area contributed by atoms with Crippen LogP contribution in [0.4, 0.5) is 5.69 Å². The molecule has 0 unspecified atom stereocenters. The smallest absolute Gasteiger partial charge is 0.270 e. The number of thioether (sulfide) groups is 1. The lowest BCUT2D eigenvalue weighted by atomic mass is 10.1. The van der Waals surface area contributed by atoms with Crippen molar-refractivity contribution in [3.8, 4) is 28.7 Å². The molecule has 1 saturated heterocycles. The molecule has 4 rings (SSSR count). The topological polar surface area (TPSA) is 66.5 Å². The molecule has 0 spiro atoms. The first-order chi connectivity index (χ1) is 14.0. The molecule has 0 aliphatic carbocycles. The molecule has 0 N–H and O–H groups in total. The number of hydrogen-bond donors (Lipinski definition) is 0. The van der Waals surface area contributed by atoms with Crippen molar-refractivity contribution in [2.75, 3.05) is 33.0 Å². The number of fused-ring (bicyclic) bond motifs is 1. The molecule has 0 radical (unpaired) electrons. The third-order valence-electron chi connectivity index (χ3n) is 4.43. The average Bonchev–Trinajstić information content (AvgIpc) is 3.31. The second kappa shape index (κ2) is 7.84. The van der Waals surface area contributed by atoms with Gasteiger partial charge in [-0.25, -0.2) is 0 Å². The highest BCUT2D eigenvalue weighted by atomic mass is 32.2. The lowest BCUT2D eigenvalue weighted by Gasteiger charge is -2.15. The molecule has 1 amide bonds. The van der Waals surface area contributed by atoms with Crippen LogP contribution in [0.1, 0.15) is 5.56 Å². The van der Waals surface area contributed by atoms with E-state index in [1.165, 1.54) is 16.7 Å². The number of amides is 1. The molecule has 0 saturated carbocycles. The second-order valence-electron chi connectivity index (χ2n) is 6.00. The Kier molecular flexibility index (Phi) is 5.25. The summed E-state index contributed by atoms with van der Waals surface area (Å²) in [5.41, 5.74) is 1.30. The van der Waals surface area contributed by atoms with Crippen molar-refractivity contribution in [3.63, 3.8) is 0 Å². The van der Waals surface area contributed by atoms with Gasteiger partial charge in [0, 0.05) is 17.7 Å². The zero-order chi connectivity index (χ0) is 20.5. The van der Waals surface area contributed by atoms with Gasteiger partial charge in [0.05, 0.1) is 31.9 Å². The van der Waals surface area contributed by atoms with Crippen molar-refractivity contribution >= 4 is 46.0 Å². The van der Waals surface area contributed by atoms with Crippen LogP contribution in [0.25, 0.3) is 6.08 Å². The summed E-state index contributed by atoms with van der Waals surface area (Å²) in [5, 5.41) is 0. The quantitative estimate of drug-likeness (QED) is 0.523. The largest absolute Gasteiger partial charge is 0.496 e. The van der Waals surface area contributed by atoms with E-state index in [4.69, 9.17) is 35.9 Å². The van der Waals surface area contributed by atoms with Crippen molar-refractivity contribution in [2.45, 2.75) is 0 Å². The van der Waals surface area contributed by atoms with Crippen molar-refractivity contribution in [1.29, 1.82) is 0 Å². The minimum Gasteiger partial charge on any atom is -0.496 e. The van der Waals surface area contributed by atoms with Gasteiger partial charge in [0.1, 0.15) is 5.75 Å². The van der Waals surface area contributed by atoms with E-state index in [0.29, 0.717) is 49.2 Å². The Balaban J connectivity index is 1.69. The van der Waals surface area contributed by atoms with Gasteiger partial charge in [-0.15, -0.1) is 0 Å². The monoisotopic (exact) mass is 431 g/mol. The van der Waals surface area contributed by atoms with Crippen LogP contribution in [0, 0.1) is 0 Å². The summed E-state index contributed by atoms with van der Waals surface area (Å²) in [5.74, 6) is 2.62. The number of carbonyl (C=O) groups is 1. The standard InChI is InChI=1S/C20H17NO6S2/c1-23-14-9-16(25-3)15(24-2)6-11(14)7-18-19(22)21(20(28)29-18)12-4-5-13-17(8-12)27-10-26-13/h4-9H,10H2,1-3H3/b18-7+. The zero-order valence-electron chi connectivity index (χ0n) is 15.9. The van der Waals surface area contributed by atoms with Gasteiger partial charge in [0.15, 0.2) is 27.3 Å². The summed E-state index contributed by atoms with van der Waals surface area (Å²) in [6, 6.07) is 8.75. The van der Waals surface area contributed by atoms with Crippen LogP contribution in [0.3, 0.4) is 0 Å². The Labute approximate surface area is 177 Å². The maximum atomic E-state index is 13.1. The molecule has 2 aliphatic rings. The van der Waals surface area contributed by atoms with E-state index in [9.17, 15) is 4.79 Å². The number of benzene rings is 2. The van der Waals surface area contributed by atoms with E-state index in [2.05, 4.69) is 0 Å². The number of nitrogens with zero attached hydrogens (tertiary/aromatic N) is 1. The maximum absolute atomic E-state index is 13.1. The first kappa shape index (κ1) is 19.4. The number of anilines is 1. The molecule has 2 aromatic rings. The van der Waals surface area contributed by atoms with Crippen molar-refractivity contribution in [2.24, 2.45) is 0 Å². The molecule has 1 fully saturated rings. The van der Waals surface area contributed by atoms with Gasteiger partial charge in [-0.3, -0.25) is 9.69 Å². The molecular formula is C20H17NO6S2. The fourth-order valence-corrected chi connectivity index (χ4v) is 4.31. The van der Waals surface area contributed by atoms with Crippen LogP contribution in [0.2, 0.25) is 0 Å². The number of carbonyl (C=O) groups excluding carboxylic acids is 1. The maximum Gasteiger partial charge on any atom is 0.270 e. The molecular weight excluding hydrogens is 414 g/mol. The normalized spacial score (nSPS) is 16.5. The Bertz CT molecular complexity index is 1040. The van der Waals surface area contributed by atoms with Crippen molar-refractivity contribution < 1.29 is 28.5 Å². The van der Waals surface area contributed by atoms with Gasteiger partial charge < -0.3 is 23.7 Å². The van der Waals surface area contributed by atoms with Crippen LogP contribution in [-0.2, 0) is 4.79 Å². The van der Waals surface area contributed by atoms with E-state index in [1.54, 1.807) is 57.7 Å². The summed E-state index contributed by atoms with van der Waals surface area (Å²) in [6.07, 6.45) is 1.73. The van der Waals surface area contributed by atoms with Crippen LogP contribution in [0.15, 0.2) is 35.2 Å².